The van der Waals surface area contributed by atoms with Crippen molar-refractivity contribution < 1.29 is 0 Å². The van der Waals surface area contributed by atoms with Gasteiger partial charge in [-0.15, -0.1) is 5.70 Å². The summed E-state index contributed by atoms with van der Waals surface area (Å²) in [7, 11) is -0.374. The first-order valence-corrected chi connectivity index (χ1v) is 7.00. The van der Waals surface area contributed by atoms with Crippen molar-refractivity contribution in [2.75, 3.05) is 4.43 Å². The number of hydrogen-bond donors (Lipinski definition) is 0. The van der Waals surface area contributed by atoms with E-state index in [1.807, 2.05) is 0 Å². The molecule has 0 aliphatic heterocycles. The Labute approximate surface area is 60.7 Å². The molecule has 0 unspecified atom stereocenters. The van der Waals surface area contributed by atoms with Crippen LogP contribution in [0.2, 0.25) is 13.1 Å². The Balaban J connectivity index is 3.08. The van der Waals surface area contributed by atoms with Gasteiger partial charge in [0.1, 0.15) is 0 Å². The smallest absolute Gasteiger partial charge is 0.0550 e. The zero-order valence-electron chi connectivity index (χ0n) is 4.82. The molecule has 0 saturated carbocycles. The summed E-state index contributed by atoms with van der Waals surface area (Å²) in [6.07, 6.45) is 2.25. The molecule has 0 N–H and O–H groups in total. The maximum atomic E-state index is 2.36. The Hall–Kier alpha value is 0.687. The van der Waals surface area contributed by atoms with Gasteiger partial charge in [-0.05, 0) is 0 Å². The summed E-state index contributed by atoms with van der Waals surface area (Å²) in [6.45, 7) is 4.64. The van der Waals surface area contributed by atoms with Crippen molar-refractivity contribution in [2.24, 2.45) is 0 Å². The van der Waals surface area contributed by atoms with Gasteiger partial charge >= 0.3 is 0 Å². The largest absolute Gasteiger partial charge is 0.101 e. The van der Waals surface area contributed by atoms with Crippen LogP contribution >= 0.6 is 22.6 Å². The molecule has 0 amide bonds. The summed E-state index contributed by atoms with van der Waals surface area (Å²) in [4.78, 5) is 0. The first kappa shape index (κ1) is 7.69. The van der Waals surface area contributed by atoms with E-state index in [1.54, 1.807) is 0 Å². The lowest BCUT2D eigenvalue weighted by Crippen LogP contribution is -1.91. The molecule has 42 valence electrons. The second-order valence-corrected chi connectivity index (χ2v) is 5.58. The zero-order chi connectivity index (χ0) is 5.70. The Morgan fingerprint density at radius 2 is 2.14 bits per heavy atom. The van der Waals surface area contributed by atoms with E-state index in [2.05, 4.69) is 47.5 Å². The lowest BCUT2D eigenvalue weighted by molar-refractivity contribution is 1.84. The molecule has 0 saturated heterocycles. The van der Waals surface area contributed by atoms with E-state index in [-0.39, 0.29) is 8.80 Å². The molecule has 0 fully saturated rings. The van der Waals surface area contributed by atoms with Crippen molar-refractivity contribution in [3.63, 3.8) is 0 Å². The predicted octanol–water partition coefficient (Wildman–Crippen LogP) is 2.00. The number of halogens is 1. The lowest BCUT2D eigenvalue weighted by atomic mass is 10.8. The van der Waals surface area contributed by atoms with Gasteiger partial charge in [-0.2, -0.15) is 0 Å². The molecule has 7 heavy (non-hydrogen) atoms. The summed E-state index contributed by atoms with van der Waals surface area (Å²) in [5.74, 6) is 0. The van der Waals surface area contributed by atoms with Gasteiger partial charge < -0.3 is 0 Å². The first-order chi connectivity index (χ1) is 3.27. The molecule has 0 aliphatic carbocycles. The third-order valence-corrected chi connectivity index (χ3v) is 2.16. The molecule has 0 spiro atoms. The highest BCUT2D eigenvalue weighted by Gasteiger charge is 1.81. The van der Waals surface area contributed by atoms with Gasteiger partial charge in [-0.25, -0.2) is 0 Å². The van der Waals surface area contributed by atoms with Crippen LogP contribution in [-0.2, 0) is 0 Å². The second kappa shape index (κ2) is 4.84. The molecular weight excluding hydrogens is 215 g/mol. The maximum Gasteiger partial charge on any atom is 0.0550 e. The highest BCUT2D eigenvalue weighted by atomic mass is 127. The van der Waals surface area contributed by atoms with Gasteiger partial charge in [0, 0.05) is 4.43 Å². The Morgan fingerprint density at radius 1 is 1.57 bits per heavy atom. The summed E-state index contributed by atoms with van der Waals surface area (Å²) in [6, 6.07) is 0. The molecule has 0 aromatic rings. The van der Waals surface area contributed by atoms with Gasteiger partial charge in [0.05, 0.1) is 8.80 Å². The average Bonchev–Trinajstić information content (AvgIpc) is 1.61. The summed E-state index contributed by atoms with van der Waals surface area (Å²) < 4.78 is 1.17. The molecule has 0 rings (SSSR count). The van der Waals surface area contributed by atoms with E-state index in [9.17, 15) is 0 Å². The van der Waals surface area contributed by atoms with Gasteiger partial charge in [0.25, 0.3) is 0 Å². The normalized spacial score (nSPS) is 11.4. The van der Waals surface area contributed by atoms with Gasteiger partial charge in [0.15, 0.2) is 0 Å². The fourth-order valence-electron chi connectivity index (χ4n) is 0.324. The quantitative estimate of drug-likeness (QED) is 0.384. The minimum atomic E-state index is -0.374. The topological polar surface area (TPSA) is 0 Å². The SMILES string of the molecule is C[SiH](C)C=CCI. The standard InChI is InChI=1S/C5H11ISi/c1-7(2)5-3-4-6/h3,5,7H,4H2,1-2H3. The van der Waals surface area contributed by atoms with E-state index >= 15 is 0 Å². The predicted molar refractivity (Wildman–Crippen MR) is 46.9 cm³/mol. The fraction of sp³-hybridized carbons (Fsp3) is 0.600. The molecule has 0 heterocycles. The zero-order valence-corrected chi connectivity index (χ0v) is 8.13. The van der Waals surface area contributed by atoms with Crippen LogP contribution in [0.25, 0.3) is 0 Å². The summed E-state index contributed by atoms with van der Waals surface area (Å²) >= 11 is 2.36. The Bertz CT molecular complexity index is 59.1. The lowest BCUT2D eigenvalue weighted by Gasteiger charge is -1.86. The number of allylic oxidation sites excluding steroid dienone is 1. The van der Waals surface area contributed by atoms with Crippen molar-refractivity contribution in [2.45, 2.75) is 13.1 Å². The fourth-order valence-corrected chi connectivity index (χ4v) is 1.85. The van der Waals surface area contributed by atoms with Crippen LogP contribution in [0.15, 0.2) is 11.8 Å². The van der Waals surface area contributed by atoms with Crippen molar-refractivity contribution in [1.29, 1.82) is 0 Å². The van der Waals surface area contributed by atoms with Crippen LogP contribution in [0, 0.1) is 0 Å². The van der Waals surface area contributed by atoms with Gasteiger partial charge in [-0.1, -0.05) is 41.8 Å². The van der Waals surface area contributed by atoms with E-state index in [0.717, 1.165) is 0 Å². The van der Waals surface area contributed by atoms with Crippen molar-refractivity contribution in [1.82, 2.24) is 0 Å². The molecule has 0 aromatic carbocycles. The third kappa shape index (κ3) is 6.69. The van der Waals surface area contributed by atoms with Crippen LogP contribution < -0.4 is 0 Å². The molecule has 0 aliphatic rings. The molecule has 0 nitrogen and oxygen atoms in total. The maximum absolute atomic E-state index is 2.36. The van der Waals surface area contributed by atoms with Crippen LogP contribution in [0.4, 0.5) is 0 Å². The molecule has 0 radical (unpaired) electrons. The number of alkyl halides is 1. The molecule has 0 atom stereocenters. The van der Waals surface area contributed by atoms with Crippen molar-refractivity contribution in [3.8, 4) is 0 Å². The highest BCUT2D eigenvalue weighted by Crippen LogP contribution is 1.85. The Morgan fingerprint density at radius 3 is 2.29 bits per heavy atom. The first-order valence-electron chi connectivity index (χ1n) is 2.50. The third-order valence-electron chi connectivity index (χ3n) is 0.610. The highest BCUT2D eigenvalue weighted by molar-refractivity contribution is 14.1. The monoisotopic (exact) mass is 226 g/mol. The summed E-state index contributed by atoms with van der Waals surface area (Å²) in [5.41, 5.74) is 2.35. The number of hydrogen-bond acceptors (Lipinski definition) is 0. The van der Waals surface area contributed by atoms with Crippen LogP contribution in [-0.4, -0.2) is 13.2 Å². The Kier molecular flexibility index (Phi) is 5.31. The van der Waals surface area contributed by atoms with Crippen LogP contribution in [0.5, 0.6) is 0 Å². The molecular formula is C5H11ISi. The van der Waals surface area contributed by atoms with E-state index in [1.165, 1.54) is 4.43 Å². The van der Waals surface area contributed by atoms with E-state index in [4.69, 9.17) is 0 Å². The second-order valence-electron chi connectivity index (χ2n) is 1.83. The van der Waals surface area contributed by atoms with Gasteiger partial charge in [0.2, 0.25) is 0 Å². The van der Waals surface area contributed by atoms with Crippen molar-refractivity contribution in [3.05, 3.63) is 11.8 Å². The molecule has 0 aromatic heterocycles. The molecule has 2 heteroatoms. The van der Waals surface area contributed by atoms with Crippen molar-refractivity contribution >= 4 is 31.4 Å². The minimum absolute atomic E-state index is 0.374. The average molecular weight is 226 g/mol. The van der Waals surface area contributed by atoms with E-state index in [0.29, 0.717) is 0 Å². The van der Waals surface area contributed by atoms with E-state index < -0.39 is 0 Å². The number of rotatable bonds is 2. The van der Waals surface area contributed by atoms with Crippen LogP contribution in [0.3, 0.4) is 0 Å². The van der Waals surface area contributed by atoms with Crippen LogP contribution in [0.1, 0.15) is 0 Å². The molecule has 0 bridgehead atoms. The summed E-state index contributed by atoms with van der Waals surface area (Å²) in [5, 5.41) is 0. The van der Waals surface area contributed by atoms with Gasteiger partial charge in [-0.3, -0.25) is 0 Å². The minimum Gasteiger partial charge on any atom is -0.101 e.